The molecule has 17 heavy (non-hydrogen) atoms. The second-order valence-electron chi connectivity index (χ2n) is 5.06. The third-order valence-corrected chi connectivity index (χ3v) is 4.30. The number of rotatable bonds is 2. The lowest BCUT2D eigenvalue weighted by atomic mass is 10.1. The minimum Gasteiger partial charge on any atom is -0.406 e. The molecule has 1 atom stereocenters. The van der Waals surface area contributed by atoms with Crippen LogP contribution in [0.2, 0.25) is 0 Å². The van der Waals surface area contributed by atoms with Crippen molar-refractivity contribution in [3.05, 3.63) is 5.89 Å². The van der Waals surface area contributed by atoms with Gasteiger partial charge in [0.15, 0.2) is 0 Å². The summed E-state index contributed by atoms with van der Waals surface area (Å²) >= 11 is 2.00. The first-order valence-corrected chi connectivity index (χ1v) is 6.94. The standard InChI is InChI=1S/C11H20N4OS/c1-8(12)9-13-14-10(16-9)15-5-4-11(2,3)17-7-6-15/h8H,4-7,12H2,1-3H3. The lowest BCUT2D eigenvalue weighted by Crippen LogP contribution is -2.27. The van der Waals surface area contributed by atoms with Crippen LogP contribution in [0.1, 0.15) is 39.1 Å². The van der Waals surface area contributed by atoms with Gasteiger partial charge in [-0.3, -0.25) is 0 Å². The van der Waals surface area contributed by atoms with Gasteiger partial charge < -0.3 is 15.1 Å². The van der Waals surface area contributed by atoms with E-state index in [0.29, 0.717) is 16.7 Å². The Bertz CT molecular complexity index is 377. The van der Waals surface area contributed by atoms with E-state index in [9.17, 15) is 0 Å². The molecule has 0 spiro atoms. The Balaban J connectivity index is 2.06. The smallest absolute Gasteiger partial charge is 0.318 e. The number of thioether (sulfide) groups is 1. The van der Waals surface area contributed by atoms with E-state index in [1.165, 1.54) is 0 Å². The lowest BCUT2D eigenvalue weighted by molar-refractivity contribution is 0.455. The summed E-state index contributed by atoms with van der Waals surface area (Å²) in [6.07, 6.45) is 1.12. The first-order valence-electron chi connectivity index (χ1n) is 5.96. The number of hydrogen-bond donors (Lipinski definition) is 1. The van der Waals surface area contributed by atoms with Gasteiger partial charge in [0.25, 0.3) is 0 Å². The summed E-state index contributed by atoms with van der Waals surface area (Å²) in [5, 5.41) is 8.04. The van der Waals surface area contributed by atoms with E-state index < -0.39 is 0 Å². The molecule has 0 radical (unpaired) electrons. The van der Waals surface area contributed by atoms with Gasteiger partial charge in [0, 0.05) is 23.6 Å². The van der Waals surface area contributed by atoms with Gasteiger partial charge in [0.05, 0.1) is 6.04 Å². The lowest BCUT2D eigenvalue weighted by Gasteiger charge is -2.21. The predicted octanol–water partition coefficient (Wildman–Crippen LogP) is 1.81. The van der Waals surface area contributed by atoms with Crippen LogP contribution < -0.4 is 10.6 Å². The van der Waals surface area contributed by atoms with Gasteiger partial charge in [-0.1, -0.05) is 18.9 Å². The molecule has 1 aromatic rings. The summed E-state index contributed by atoms with van der Waals surface area (Å²) in [6.45, 7) is 8.32. The van der Waals surface area contributed by atoms with Gasteiger partial charge in [0.2, 0.25) is 5.89 Å². The molecular formula is C11H20N4OS. The zero-order valence-electron chi connectivity index (χ0n) is 10.6. The van der Waals surface area contributed by atoms with E-state index >= 15 is 0 Å². The topological polar surface area (TPSA) is 68.2 Å². The minimum absolute atomic E-state index is 0.200. The van der Waals surface area contributed by atoms with Crippen molar-refractivity contribution in [3.8, 4) is 0 Å². The molecule has 0 saturated carbocycles. The normalized spacial score (nSPS) is 22.2. The van der Waals surface area contributed by atoms with Crippen molar-refractivity contribution in [3.63, 3.8) is 0 Å². The van der Waals surface area contributed by atoms with Crippen LogP contribution in [0.25, 0.3) is 0 Å². The third-order valence-electron chi connectivity index (χ3n) is 2.93. The molecule has 0 bridgehead atoms. The van der Waals surface area contributed by atoms with Crippen LogP contribution in [0, 0.1) is 0 Å². The van der Waals surface area contributed by atoms with Crippen molar-refractivity contribution in [2.24, 2.45) is 5.73 Å². The zero-order chi connectivity index (χ0) is 12.5. The van der Waals surface area contributed by atoms with Crippen LogP contribution in [0.4, 0.5) is 6.01 Å². The highest BCUT2D eigenvalue weighted by atomic mass is 32.2. The SMILES string of the molecule is CC(N)c1nnc(N2CCSC(C)(C)CC2)o1. The molecular weight excluding hydrogens is 236 g/mol. The molecule has 0 aliphatic carbocycles. The van der Waals surface area contributed by atoms with Crippen molar-refractivity contribution in [1.82, 2.24) is 10.2 Å². The molecule has 5 nitrogen and oxygen atoms in total. The summed E-state index contributed by atoms with van der Waals surface area (Å²) in [5.41, 5.74) is 5.71. The monoisotopic (exact) mass is 256 g/mol. The summed E-state index contributed by atoms with van der Waals surface area (Å²) in [7, 11) is 0. The Morgan fingerprint density at radius 1 is 1.41 bits per heavy atom. The van der Waals surface area contributed by atoms with Crippen molar-refractivity contribution in [2.45, 2.75) is 38.0 Å². The number of aromatic nitrogens is 2. The van der Waals surface area contributed by atoms with Crippen LogP contribution in [-0.4, -0.2) is 33.8 Å². The van der Waals surface area contributed by atoms with E-state index in [1.807, 2.05) is 18.7 Å². The Morgan fingerprint density at radius 3 is 2.82 bits per heavy atom. The van der Waals surface area contributed by atoms with Crippen LogP contribution in [0.15, 0.2) is 4.42 Å². The highest BCUT2D eigenvalue weighted by Gasteiger charge is 2.26. The van der Waals surface area contributed by atoms with Crippen molar-refractivity contribution >= 4 is 17.8 Å². The molecule has 1 aliphatic rings. The fourth-order valence-corrected chi connectivity index (χ4v) is 2.85. The molecule has 96 valence electrons. The van der Waals surface area contributed by atoms with Crippen LogP contribution >= 0.6 is 11.8 Å². The molecule has 2 rings (SSSR count). The summed E-state index contributed by atoms with van der Waals surface area (Å²) in [5.74, 6) is 1.60. The average molecular weight is 256 g/mol. The van der Waals surface area contributed by atoms with Gasteiger partial charge in [-0.15, -0.1) is 5.10 Å². The predicted molar refractivity (Wildman–Crippen MR) is 70.3 cm³/mol. The summed E-state index contributed by atoms with van der Waals surface area (Å²) in [6, 6.07) is 0.407. The van der Waals surface area contributed by atoms with Gasteiger partial charge in [0.1, 0.15) is 0 Å². The molecule has 1 unspecified atom stereocenters. The third kappa shape index (κ3) is 3.13. The van der Waals surface area contributed by atoms with Crippen LogP contribution in [0.3, 0.4) is 0 Å². The number of nitrogens with two attached hydrogens (primary N) is 1. The Labute approximate surface area is 106 Å². The highest BCUT2D eigenvalue weighted by Crippen LogP contribution is 2.32. The second-order valence-corrected chi connectivity index (χ2v) is 6.86. The van der Waals surface area contributed by atoms with Crippen LogP contribution in [-0.2, 0) is 0 Å². The van der Waals surface area contributed by atoms with Gasteiger partial charge in [-0.05, 0) is 13.3 Å². The summed E-state index contributed by atoms with van der Waals surface area (Å²) in [4.78, 5) is 2.15. The van der Waals surface area contributed by atoms with E-state index in [-0.39, 0.29) is 6.04 Å². The number of hydrogen-bond acceptors (Lipinski definition) is 6. The molecule has 0 aromatic carbocycles. The van der Waals surface area contributed by atoms with Gasteiger partial charge in [-0.25, -0.2) is 0 Å². The molecule has 2 N–H and O–H groups in total. The van der Waals surface area contributed by atoms with Gasteiger partial charge in [-0.2, -0.15) is 11.8 Å². The van der Waals surface area contributed by atoms with E-state index in [4.69, 9.17) is 10.2 Å². The average Bonchev–Trinajstić information content (AvgIpc) is 2.65. The van der Waals surface area contributed by atoms with E-state index in [0.717, 1.165) is 25.3 Å². The quantitative estimate of drug-likeness (QED) is 0.870. The van der Waals surface area contributed by atoms with Crippen molar-refractivity contribution in [1.29, 1.82) is 0 Å². The van der Waals surface area contributed by atoms with E-state index in [2.05, 4.69) is 28.9 Å². The molecule has 2 heterocycles. The molecule has 1 saturated heterocycles. The molecule has 6 heteroatoms. The molecule has 1 aliphatic heterocycles. The largest absolute Gasteiger partial charge is 0.406 e. The maximum absolute atomic E-state index is 5.71. The zero-order valence-corrected chi connectivity index (χ0v) is 11.5. The number of nitrogens with zero attached hydrogens (tertiary/aromatic N) is 3. The Kier molecular flexibility index (Phi) is 3.63. The minimum atomic E-state index is -0.200. The van der Waals surface area contributed by atoms with Crippen molar-refractivity contribution < 1.29 is 4.42 Å². The maximum Gasteiger partial charge on any atom is 0.318 e. The first-order chi connectivity index (χ1) is 7.98. The summed E-state index contributed by atoms with van der Waals surface area (Å²) < 4.78 is 5.91. The Morgan fingerprint density at radius 2 is 2.18 bits per heavy atom. The second kappa shape index (κ2) is 4.86. The van der Waals surface area contributed by atoms with E-state index in [1.54, 1.807) is 0 Å². The van der Waals surface area contributed by atoms with Crippen LogP contribution in [0.5, 0.6) is 0 Å². The maximum atomic E-state index is 5.71. The fraction of sp³-hybridized carbons (Fsp3) is 0.818. The molecule has 1 fully saturated rings. The molecule has 1 aromatic heterocycles. The number of anilines is 1. The first kappa shape index (κ1) is 12.7. The van der Waals surface area contributed by atoms with Gasteiger partial charge >= 0.3 is 6.01 Å². The Hall–Kier alpha value is -0.750. The van der Waals surface area contributed by atoms with Crippen molar-refractivity contribution in [2.75, 3.05) is 23.7 Å². The highest BCUT2D eigenvalue weighted by molar-refractivity contribution is 8.00. The fourth-order valence-electron chi connectivity index (χ4n) is 1.75. The molecule has 0 amide bonds.